The number of halogens is 1. The maximum absolute atomic E-state index is 3.59. The van der Waals surface area contributed by atoms with Crippen molar-refractivity contribution >= 4 is 21.6 Å². The molecule has 1 heterocycles. The number of fused-ring (bicyclic) bond motifs is 3. The summed E-state index contributed by atoms with van der Waals surface area (Å²) in [4.78, 5) is 2.48. The first-order chi connectivity index (χ1) is 7.81. The molecule has 3 rings (SSSR count). The molecule has 0 fully saturated rings. The highest BCUT2D eigenvalue weighted by Crippen LogP contribution is 2.48. The maximum Gasteiger partial charge on any atom is 0.0448 e. The molecule has 1 unspecified atom stereocenters. The zero-order valence-corrected chi connectivity index (χ0v) is 11.1. The molecule has 0 saturated carbocycles. The first-order valence-corrected chi connectivity index (χ1v) is 6.87. The van der Waals surface area contributed by atoms with Crippen molar-refractivity contribution in [3.63, 3.8) is 0 Å². The zero-order chi connectivity index (χ0) is 11.1. The molecule has 16 heavy (non-hydrogen) atoms. The van der Waals surface area contributed by atoms with Crippen molar-refractivity contribution in [3.05, 3.63) is 40.0 Å². The minimum Gasteiger partial charge on any atom is -0.345 e. The van der Waals surface area contributed by atoms with E-state index in [2.05, 4.69) is 52.0 Å². The van der Waals surface area contributed by atoms with Crippen LogP contribution in [0.2, 0.25) is 0 Å². The lowest BCUT2D eigenvalue weighted by Crippen LogP contribution is -2.20. The molecule has 0 bridgehead atoms. The number of allylic oxidation sites excluding steroid dienone is 2. The second-order valence-electron chi connectivity index (χ2n) is 4.56. The summed E-state index contributed by atoms with van der Waals surface area (Å²) in [6, 6.07) is 6.70. The van der Waals surface area contributed by atoms with Gasteiger partial charge in [-0.1, -0.05) is 22.0 Å². The van der Waals surface area contributed by atoms with Gasteiger partial charge in [-0.05, 0) is 49.9 Å². The van der Waals surface area contributed by atoms with Gasteiger partial charge in [0.15, 0.2) is 0 Å². The van der Waals surface area contributed by atoms with Crippen molar-refractivity contribution in [2.45, 2.75) is 32.1 Å². The monoisotopic (exact) mass is 277 g/mol. The average molecular weight is 278 g/mol. The van der Waals surface area contributed by atoms with Crippen LogP contribution in [0.3, 0.4) is 0 Å². The van der Waals surface area contributed by atoms with Crippen LogP contribution in [0.1, 0.15) is 37.7 Å². The van der Waals surface area contributed by atoms with Gasteiger partial charge in [0.1, 0.15) is 0 Å². The smallest absolute Gasteiger partial charge is 0.0448 e. The third-order valence-electron chi connectivity index (χ3n) is 3.69. The van der Waals surface area contributed by atoms with Crippen LogP contribution in [0.25, 0.3) is 0 Å². The number of rotatable bonds is 1. The van der Waals surface area contributed by atoms with E-state index in [9.17, 15) is 0 Å². The second kappa shape index (κ2) is 3.92. The van der Waals surface area contributed by atoms with Gasteiger partial charge in [0.05, 0.1) is 0 Å². The van der Waals surface area contributed by atoms with Crippen LogP contribution in [0, 0.1) is 0 Å². The van der Waals surface area contributed by atoms with Crippen LogP contribution in [-0.2, 0) is 0 Å². The van der Waals surface area contributed by atoms with E-state index < -0.39 is 0 Å². The molecule has 2 aliphatic rings. The molecule has 0 amide bonds. The first-order valence-electron chi connectivity index (χ1n) is 6.08. The Bertz CT molecular complexity index is 450. The highest BCUT2D eigenvalue weighted by Gasteiger charge is 2.33. The third-order valence-corrected chi connectivity index (χ3v) is 4.18. The predicted octanol–water partition coefficient (Wildman–Crippen LogP) is 4.44. The minimum absolute atomic E-state index is 0.654. The Labute approximate surface area is 105 Å². The van der Waals surface area contributed by atoms with Gasteiger partial charge >= 0.3 is 0 Å². The van der Waals surface area contributed by atoms with Crippen LogP contribution < -0.4 is 4.90 Å². The fourth-order valence-electron chi connectivity index (χ4n) is 3.02. The van der Waals surface area contributed by atoms with E-state index in [-0.39, 0.29) is 0 Å². The Balaban J connectivity index is 2.15. The fourth-order valence-corrected chi connectivity index (χ4v) is 3.40. The lowest BCUT2D eigenvalue weighted by Gasteiger charge is -2.24. The van der Waals surface area contributed by atoms with Gasteiger partial charge in [0.2, 0.25) is 0 Å². The van der Waals surface area contributed by atoms with E-state index in [1.54, 1.807) is 5.70 Å². The highest BCUT2D eigenvalue weighted by atomic mass is 79.9. The first kappa shape index (κ1) is 10.4. The Morgan fingerprint density at radius 3 is 3.12 bits per heavy atom. The molecule has 0 aromatic heterocycles. The molecule has 0 spiro atoms. The average Bonchev–Trinajstić information content (AvgIpc) is 2.62. The summed E-state index contributed by atoms with van der Waals surface area (Å²) in [6.45, 7) is 3.32. The lowest BCUT2D eigenvalue weighted by atomic mass is 9.89. The van der Waals surface area contributed by atoms with E-state index in [1.165, 1.54) is 35.0 Å². The standard InChI is InChI=1S/C14H16BrN/c1-2-16-13-6-4-3-5-11(13)12-9-10(15)7-8-14(12)16/h6-9,11H,2-5H2,1H3. The summed E-state index contributed by atoms with van der Waals surface area (Å²) in [7, 11) is 0. The van der Waals surface area contributed by atoms with E-state index in [0.717, 1.165) is 6.54 Å². The molecule has 0 N–H and O–H groups in total. The van der Waals surface area contributed by atoms with Gasteiger partial charge in [-0.15, -0.1) is 0 Å². The van der Waals surface area contributed by atoms with Gasteiger partial charge < -0.3 is 4.90 Å². The van der Waals surface area contributed by atoms with Crippen molar-refractivity contribution in [2.24, 2.45) is 0 Å². The van der Waals surface area contributed by atoms with Crippen LogP contribution in [0.15, 0.2) is 34.4 Å². The molecule has 1 aromatic carbocycles. The van der Waals surface area contributed by atoms with E-state index in [1.807, 2.05) is 0 Å². The van der Waals surface area contributed by atoms with E-state index >= 15 is 0 Å². The van der Waals surface area contributed by atoms with Crippen LogP contribution in [-0.4, -0.2) is 6.54 Å². The van der Waals surface area contributed by atoms with Crippen molar-refractivity contribution in [2.75, 3.05) is 11.4 Å². The molecular formula is C14H16BrN. The topological polar surface area (TPSA) is 3.24 Å². The highest BCUT2D eigenvalue weighted by molar-refractivity contribution is 9.10. The van der Waals surface area contributed by atoms with Crippen molar-refractivity contribution < 1.29 is 0 Å². The number of likely N-dealkylation sites (N-methyl/N-ethyl adjacent to an activating group) is 1. The largest absolute Gasteiger partial charge is 0.345 e. The number of hydrogen-bond donors (Lipinski definition) is 0. The van der Waals surface area contributed by atoms with Crippen molar-refractivity contribution in [3.8, 4) is 0 Å². The fraction of sp³-hybridized carbons (Fsp3) is 0.429. The molecule has 1 aliphatic carbocycles. The number of anilines is 1. The molecule has 0 saturated heterocycles. The summed E-state index contributed by atoms with van der Waals surface area (Å²) >= 11 is 3.59. The lowest BCUT2D eigenvalue weighted by molar-refractivity contribution is 0.626. The summed E-state index contributed by atoms with van der Waals surface area (Å²) in [6.07, 6.45) is 6.33. The molecule has 1 nitrogen and oxygen atoms in total. The van der Waals surface area contributed by atoms with Crippen LogP contribution >= 0.6 is 15.9 Å². The molecule has 2 heteroatoms. The summed E-state index contributed by atoms with van der Waals surface area (Å²) < 4.78 is 1.20. The number of nitrogens with zero attached hydrogens (tertiary/aromatic N) is 1. The maximum atomic E-state index is 3.59. The number of hydrogen-bond acceptors (Lipinski definition) is 1. The van der Waals surface area contributed by atoms with Crippen molar-refractivity contribution in [1.29, 1.82) is 0 Å². The Morgan fingerprint density at radius 2 is 2.31 bits per heavy atom. The normalized spacial score (nSPS) is 22.8. The minimum atomic E-state index is 0.654. The third kappa shape index (κ3) is 1.43. The van der Waals surface area contributed by atoms with Gasteiger partial charge in [-0.25, -0.2) is 0 Å². The molecular weight excluding hydrogens is 262 g/mol. The summed E-state index contributed by atoms with van der Waals surface area (Å²) in [5.41, 5.74) is 4.48. The molecule has 84 valence electrons. The van der Waals surface area contributed by atoms with Gasteiger partial charge in [0, 0.05) is 28.3 Å². The van der Waals surface area contributed by atoms with Crippen LogP contribution in [0.5, 0.6) is 0 Å². The Hall–Kier alpha value is -0.760. The SMILES string of the molecule is CCN1C2=CCCCC2c2cc(Br)ccc21. The second-order valence-corrected chi connectivity index (χ2v) is 5.48. The molecule has 0 radical (unpaired) electrons. The summed E-state index contributed by atoms with van der Waals surface area (Å²) in [5, 5.41) is 0. The van der Waals surface area contributed by atoms with Gasteiger partial charge in [-0.3, -0.25) is 0 Å². The molecule has 1 aromatic rings. The summed E-state index contributed by atoms with van der Waals surface area (Å²) in [5.74, 6) is 0.654. The molecule has 1 atom stereocenters. The van der Waals surface area contributed by atoms with Crippen LogP contribution in [0.4, 0.5) is 5.69 Å². The van der Waals surface area contributed by atoms with Gasteiger partial charge in [-0.2, -0.15) is 0 Å². The van der Waals surface area contributed by atoms with Crippen molar-refractivity contribution in [1.82, 2.24) is 0 Å². The van der Waals surface area contributed by atoms with Gasteiger partial charge in [0.25, 0.3) is 0 Å². The Kier molecular flexibility index (Phi) is 2.55. The van der Waals surface area contributed by atoms with E-state index in [4.69, 9.17) is 0 Å². The number of benzene rings is 1. The van der Waals surface area contributed by atoms with E-state index in [0.29, 0.717) is 5.92 Å². The molecule has 1 aliphatic heterocycles. The zero-order valence-electron chi connectivity index (χ0n) is 9.54. The predicted molar refractivity (Wildman–Crippen MR) is 71.8 cm³/mol. The Morgan fingerprint density at radius 1 is 1.44 bits per heavy atom. The quantitative estimate of drug-likeness (QED) is 0.734.